The first-order chi connectivity index (χ1) is 12.7. The first-order valence-electron chi connectivity index (χ1n) is 9.16. The summed E-state index contributed by atoms with van der Waals surface area (Å²) in [6.45, 7) is 3.57. The Labute approximate surface area is 153 Å². The van der Waals surface area contributed by atoms with E-state index in [0.29, 0.717) is 18.9 Å². The molecule has 0 amide bonds. The van der Waals surface area contributed by atoms with E-state index in [1.165, 1.54) is 22.3 Å². The molecule has 2 bridgehead atoms. The first-order valence-corrected chi connectivity index (χ1v) is 9.16. The number of hydrogen-bond acceptors (Lipinski definition) is 5. The third-order valence-electron chi connectivity index (χ3n) is 5.99. The summed E-state index contributed by atoms with van der Waals surface area (Å²) in [4.78, 5) is 2.60. The topological polar surface area (TPSA) is 40.2 Å². The minimum Gasteiger partial charge on any atom is -0.493 e. The predicted octanol–water partition coefficient (Wildman–Crippen LogP) is 3.65. The molecule has 3 aliphatic heterocycles. The average molecular weight is 353 g/mol. The third-order valence-corrected chi connectivity index (χ3v) is 5.99. The molecule has 3 heterocycles. The SMILES string of the molecule is CCN1[C@H]2Cc3cc4c(cc3[C@@H]1Cc1cc(OC)c(OC)cc12)OCO4. The van der Waals surface area contributed by atoms with Crippen molar-refractivity contribution in [3.63, 3.8) is 0 Å². The number of fused-ring (bicyclic) bond motifs is 7. The highest BCUT2D eigenvalue weighted by atomic mass is 16.7. The lowest BCUT2D eigenvalue weighted by Crippen LogP contribution is -2.42. The fourth-order valence-electron chi connectivity index (χ4n) is 4.80. The highest BCUT2D eigenvalue weighted by Crippen LogP contribution is 2.51. The van der Waals surface area contributed by atoms with Crippen molar-refractivity contribution in [1.29, 1.82) is 0 Å². The minimum atomic E-state index is 0.318. The highest BCUT2D eigenvalue weighted by molar-refractivity contribution is 5.56. The van der Waals surface area contributed by atoms with Crippen LogP contribution in [-0.2, 0) is 12.8 Å². The van der Waals surface area contributed by atoms with Crippen molar-refractivity contribution >= 4 is 0 Å². The second-order valence-corrected chi connectivity index (χ2v) is 7.08. The van der Waals surface area contributed by atoms with E-state index >= 15 is 0 Å². The van der Waals surface area contributed by atoms with Gasteiger partial charge in [-0.15, -0.1) is 0 Å². The summed E-state index contributed by atoms with van der Waals surface area (Å²) in [6, 6.07) is 9.38. The molecule has 5 heteroatoms. The van der Waals surface area contributed by atoms with Gasteiger partial charge in [-0.3, -0.25) is 4.90 Å². The van der Waals surface area contributed by atoms with Gasteiger partial charge in [0, 0.05) is 12.1 Å². The quantitative estimate of drug-likeness (QED) is 0.842. The number of nitrogens with zero attached hydrogens (tertiary/aromatic N) is 1. The summed E-state index contributed by atoms with van der Waals surface area (Å²) in [5, 5.41) is 0. The largest absolute Gasteiger partial charge is 0.493 e. The van der Waals surface area contributed by atoms with Gasteiger partial charge in [-0.2, -0.15) is 0 Å². The van der Waals surface area contributed by atoms with Crippen molar-refractivity contribution in [2.75, 3.05) is 27.6 Å². The van der Waals surface area contributed by atoms with E-state index in [0.717, 1.165) is 42.4 Å². The summed E-state index contributed by atoms with van der Waals surface area (Å²) in [6.07, 6.45) is 1.94. The van der Waals surface area contributed by atoms with Crippen molar-refractivity contribution in [3.05, 3.63) is 46.5 Å². The van der Waals surface area contributed by atoms with Gasteiger partial charge in [-0.25, -0.2) is 0 Å². The monoisotopic (exact) mass is 353 g/mol. The number of hydrogen-bond donors (Lipinski definition) is 0. The molecule has 5 rings (SSSR count). The summed E-state index contributed by atoms with van der Waals surface area (Å²) in [7, 11) is 3.40. The van der Waals surface area contributed by atoms with Crippen LogP contribution in [-0.4, -0.2) is 32.5 Å². The van der Waals surface area contributed by atoms with Crippen LogP contribution in [0.15, 0.2) is 24.3 Å². The molecule has 2 aromatic carbocycles. The molecule has 0 fully saturated rings. The average Bonchev–Trinajstić information content (AvgIpc) is 3.12. The van der Waals surface area contributed by atoms with E-state index in [1.54, 1.807) is 14.2 Å². The van der Waals surface area contributed by atoms with E-state index in [-0.39, 0.29) is 0 Å². The van der Waals surface area contributed by atoms with Crippen molar-refractivity contribution < 1.29 is 18.9 Å². The zero-order valence-electron chi connectivity index (χ0n) is 15.4. The normalized spacial score (nSPS) is 22.6. The molecule has 26 heavy (non-hydrogen) atoms. The highest BCUT2D eigenvalue weighted by Gasteiger charge is 2.41. The van der Waals surface area contributed by atoms with E-state index in [2.05, 4.69) is 36.1 Å². The molecule has 0 radical (unpaired) electrons. The van der Waals surface area contributed by atoms with Crippen LogP contribution in [0, 0.1) is 0 Å². The van der Waals surface area contributed by atoms with Gasteiger partial charge in [0.15, 0.2) is 23.0 Å². The van der Waals surface area contributed by atoms with Gasteiger partial charge in [0.25, 0.3) is 0 Å². The second kappa shape index (κ2) is 5.81. The molecule has 0 aromatic heterocycles. The lowest BCUT2D eigenvalue weighted by molar-refractivity contribution is 0.108. The van der Waals surface area contributed by atoms with E-state index in [1.807, 2.05) is 0 Å². The van der Waals surface area contributed by atoms with Crippen LogP contribution in [0.5, 0.6) is 23.0 Å². The van der Waals surface area contributed by atoms with Crippen molar-refractivity contribution in [2.45, 2.75) is 31.8 Å². The van der Waals surface area contributed by atoms with Crippen LogP contribution in [0.3, 0.4) is 0 Å². The summed E-state index contributed by atoms with van der Waals surface area (Å²) >= 11 is 0. The van der Waals surface area contributed by atoms with E-state index in [9.17, 15) is 0 Å². The zero-order chi connectivity index (χ0) is 17.8. The Morgan fingerprint density at radius 2 is 1.46 bits per heavy atom. The summed E-state index contributed by atoms with van der Waals surface area (Å²) in [5.41, 5.74) is 5.44. The minimum absolute atomic E-state index is 0.318. The molecule has 0 saturated carbocycles. The molecule has 3 aliphatic rings. The molecule has 136 valence electrons. The van der Waals surface area contributed by atoms with E-state index < -0.39 is 0 Å². The Morgan fingerprint density at radius 1 is 0.885 bits per heavy atom. The van der Waals surface area contributed by atoms with Gasteiger partial charge in [-0.1, -0.05) is 6.92 Å². The Bertz CT molecular complexity index is 879. The second-order valence-electron chi connectivity index (χ2n) is 7.08. The molecule has 0 N–H and O–H groups in total. The molecular weight excluding hydrogens is 330 g/mol. The van der Waals surface area contributed by atoms with Gasteiger partial charge in [-0.05, 0) is 65.9 Å². The zero-order valence-corrected chi connectivity index (χ0v) is 15.4. The lowest BCUT2D eigenvalue weighted by atomic mass is 9.76. The predicted molar refractivity (Wildman–Crippen MR) is 97.4 cm³/mol. The molecule has 2 aromatic rings. The van der Waals surface area contributed by atoms with Gasteiger partial charge in [0.05, 0.1) is 14.2 Å². The maximum Gasteiger partial charge on any atom is 0.231 e. The fourth-order valence-corrected chi connectivity index (χ4v) is 4.80. The van der Waals surface area contributed by atoms with Gasteiger partial charge < -0.3 is 18.9 Å². The van der Waals surface area contributed by atoms with Crippen LogP contribution >= 0.6 is 0 Å². The van der Waals surface area contributed by atoms with Crippen LogP contribution < -0.4 is 18.9 Å². The maximum atomic E-state index is 5.63. The Balaban J connectivity index is 1.65. The Kier molecular flexibility index (Phi) is 3.54. The van der Waals surface area contributed by atoms with Crippen LogP contribution in [0.4, 0.5) is 0 Å². The Morgan fingerprint density at radius 3 is 2.12 bits per heavy atom. The number of likely N-dealkylation sites (N-methyl/N-ethyl adjacent to an activating group) is 1. The maximum absolute atomic E-state index is 5.63. The number of methoxy groups -OCH3 is 2. The summed E-state index contributed by atoms with van der Waals surface area (Å²) < 4.78 is 22.3. The number of benzene rings is 2. The number of rotatable bonds is 3. The molecule has 0 aliphatic carbocycles. The lowest BCUT2D eigenvalue weighted by Gasteiger charge is -2.47. The molecular formula is C21H23NO4. The molecule has 0 saturated heterocycles. The van der Waals surface area contributed by atoms with Crippen molar-refractivity contribution in [3.8, 4) is 23.0 Å². The molecule has 0 unspecified atom stereocenters. The number of ether oxygens (including phenoxy) is 4. The standard InChI is InChI=1S/C21H23NO4/c1-4-22-16-6-13-8-20-21(26-11-25-20)10-15(13)17(22)5-12-7-18(23-2)19(24-3)9-14(12)16/h7-10,16-17H,4-6,11H2,1-3H3/t16-,17-/m0/s1. The van der Waals surface area contributed by atoms with Crippen LogP contribution in [0.25, 0.3) is 0 Å². The van der Waals surface area contributed by atoms with Crippen molar-refractivity contribution in [2.24, 2.45) is 0 Å². The molecule has 0 spiro atoms. The van der Waals surface area contributed by atoms with Gasteiger partial charge >= 0.3 is 0 Å². The molecule has 5 nitrogen and oxygen atoms in total. The smallest absolute Gasteiger partial charge is 0.231 e. The fraction of sp³-hybridized carbons (Fsp3) is 0.429. The van der Waals surface area contributed by atoms with Crippen LogP contribution in [0.1, 0.15) is 41.3 Å². The third kappa shape index (κ3) is 2.13. The van der Waals surface area contributed by atoms with E-state index in [4.69, 9.17) is 18.9 Å². The van der Waals surface area contributed by atoms with Crippen molar-refractivity contribution in [1.82, 2.24) is 4.90 Å². The van der Waals surface area contributed by atoms with Gasteiger partial charge in [0.1, 0.15) is 0 Å². The Hall–Kier alpha value is -2.40. The van der Waals surface area contributed by atoms with Crippen LogP contribution in [0.2, 0.25) is 0 Å². The summed E-state index contributed by atoms with van der Waals surface area (Å²) in [5.74, 6) is 3.35. The van der Waals surface area contributed by atoms with Gasteiger partial charge in [0.2, 0.25) is 6.79 Å². The first kappa shape index (κ1) is 15.8. The molecule has 2 atom stereocenters.